The van der Waals surface area contributed by atoms with E-state index >= 15 is 0 Å². The number of aromatic nitrogens is 2. The minimum absolute atomic E-state index is 0.142. The molecule has 0 saturated carbocycles. The van der Waals surface area contributed by atoms with E-state index in [1.54, 1.807) is 6.20 Å². The van der Waals surface area contributed by atoms with Crippen molar-refractivity contribution in [1.82, 2.24) is 5.10 Å². The van der Waals surface area contributed by atoms with Gasteiger partial charge in [0.15, 0.2) is 12.7 Å². The van der Waals surface area contributed by atoms with Crippen molar-refractivity contribution in [3.63, 3.8) is 0 Å². The monoisotopic (exact) mass is 253 g/mol. The SMILES string of the molecule is Cc1ccc2n[n+](CCS(=O)(=O)O)ccc2c1. The van der Waals surface area contributed by atoms with Crippen LogP contribution in [-0.4, -0.2) is 23.8 Å². The van der Waals surface area contributed by atoms with E-state index in [1.165, 1.54) is 4.68 Å². The van der Waals surface area contributed by atoms with E-state index in [0.29, 0.717) is 0 Å². The molecule has 0 radical (unpaired) electrons. The highest BCUT2D eigenvalue weighted by Crippen LogP contribution is 2.10. The van der Waals surface area contributed by atoms with Gasteiger partial charge >= 0.3 is 0 Å². The number of benzene rings is 1. The molecule has 0 aliphatic carbocycles. The van der Waals surface area contributed by atoms with Crippen molar-refractivity contribution < 1.29 is 17.7 Å². The Bertz CT molecular complexity index is 653. The van der Waals surface area contributed by atoms with Gasteiger partial charge in [-0.3, -0.25) is 4.55 Å². The Morgan fingerprint density at radius 3 is 2.82 bits per heavy atom. The molecule has 0 aliphatic rings. The molecule has 0 bridgehead atoms. The van der Waals surface area contributed by atoms with Gasteiger partial charge in [0.1, 0.15) is 11.3 Å². The fourth-order valence-electron chi connectivity index (χ4n) is 1.57. The first-order chi connectivity index (χ1) is 7.94. The van der Waals surface area contributed by atoms with Crippen molar-refractivity contribution in [2.24, 2.45) is 0 Å². The number of hydrogen-bond acceptors (Lipinski definition) is 3. The first kappa shape index (κ1) is 11.9. The molecule has 1 aromatic heterocycles. The summed E-state index contributed by atoms with van der Waals surface area (Å²) in [5, 5.41) is 5.27. The first-order valence-electron chi connectivity index (χ1n) is 5.16. The minimum Gasteiger partial charge on any atom is -0.285 e. The molecular formula is C11H13N2O3S+. The lowest BCUT2D eigenvalue weighted by Gasteiger charge is -1.97. The third-order valence-electron chi connectivity index (χ3n) is 2.42. The lowest BCUT2D eigenvalue weighted by molar-refractivity contribution is -0.747. The van der Waals surface area contributed by atoms with E-state index in [0.717, 1.165) is 16.5 Å². The summed E-state index contributed by atoms with van der Waals surface area (Å²) in [6, 6.07) is 7.71. The highest BCUT2D eigenvalue weighted by atomic mass is 32.2. The summed E-state index contributed by atoms with van der Waals surface area (Å²) < 4.78 is 31.4. The molecule has 2 rings (SSSR count). The molecule has 0 aliphatic heterocycles. The molecule has 0 fully saturated rings. The summed E-state index contributed by atoms with van der Waals surface area (Å²) >= 11 is 0. The quantitative estimate of drug-likeness (QED) is 0.646. The molecular weight excluding hydrogens is 240 g/mol. The number of hydrogen-bond donors (Lipinski definition) is 1. The Morgan fingerprint density at radius 1 is 1.35 bits per heavy atom. The van der Waals surface area contributed by atoms with Gasteiger partial charge in [0.05, 0.1) is 0 Å². The lowest BCUT2D eigenvalue weighted by Crippen LogP contribution is -2.40. The molecule has 0 saturated heterocycles. The van der Waals surface area contributed by atoms with Gasteiger partial charge in [-0.1, -0.05) is 16.3 Å². The van der Waals surface area contributed by atoms with E-state index in [4.69, 9.17) is 4.55 Å². The van der Waals surface area contributed by atoms with Crippen LogP contribution in [0.3, 0.4) is 0 Å². The molecule has 0 amide bonds. The van der Waals surface area contributed by atoms with Crippen LogP contribution in [0, 0.1) is 6.92 Å². The topological polar surface area (TPSA) is 71.1 Å². The molecule has 17 heavy (non-hydrogen) atoms. The van der Waals surface area contributed by atoms with E-state index < -0.39 is 10.1 Å². The molecule has 6 heteroatoms. The highest BCUT2D eigenvalue weighted by molar-refractivity contribution is 7.85. The third-order valence-corrected chi connectivity index (χ3v) is 3.12. The van der Waals surface area contributed by atoms with Crippen molar-refractivity contribution in [3.8, 4) is 0 Å². The molecule has 5 nitrogen and oxygen atoms in total. The van der Waals surface area contributed by atoms with Crippen LogP contribution in [-0.2, 0) is 16.7 Å². The predicted molar refractivity (Wildman–Crippen MR) is 63.1 cm³/mol. The normalized spacial score (nSPS) is 11.9. The zero-order valence-electron chi connectivity index (χ0n) is 9.37. The maximum absolute atomic E-state index is 10.6. The molecule has 1 heterocycles. The molecule has 90 valence electrons. The molecule has 0 atom stereocenters. The van der Waals surface area contributed by atoms with Crippen molar-refractivity contribution in [3.05, 3.63) is 36.0 Å². The van der Waals surface area contributed by atoms with Crippen LogP contribution in [0.2, 0.25) is 0 Å². The summed E-state index contributed by atoms with van der Waals surface area (Å²) in [6.07, 6.45) is 1.70. The van der Waals surface area contributed by atoms with Gasteiger partial charge in [-0.15, -0.1) is 0 Å². The number of nitrogens with zero attached hydrogens (tertiary/aromatic N) is 2. The van der Waals surface area contributed by atoms with Crippen molar-refractivity contribution in [2.75, 3.05) is 5.75 Å². The van der Waals surface area contributed by atoms with Crippen LogP contribution in [0.25, 0.3) is 10.9 Å². The van der Waals surface area contributed by atoms with Gasteiger partial charge in [0.25, 0.3) is 10.1 Å². The fourth-order valence-corrected chi connectivity index (χ4v) is 1.99. The zero-order valence-corrected chi connectivity index (χ0v) is 10.2. The largest absolute Gasteiger partial charge is 0.285 e. The second kappa shape index (κ2) is 4.38. The second-order valence-electron chi connectivity index (χ2n) is 3.93. The average molecular weight is 253 g/mol. The number of rotatable bonds is 3. The van der Waals surface area contributed by atoms with Gasteiger partial charge in [-0.05, 0) is 19.1 Å². The second-order valence-corrected chi connectivity index (χ2v) is 5.50. The lowest BCUT2D eigenvalue weighted by atomic mass is 10.2. The number of aryl methyl sites for hydroxylation is 2. The van der Waals surface area contributed by atoms with Crippen molar-refractivity contribution in [1.29, 1.82) is 0 Å². The predicted octanol–water partition coefficient (Wildman–Crippen LogP) is 0.719. The molecule has 2 aromatic rings. The highest BCUT2D eigenvalue weighted by Gasteiger charge is 2.11. The molecule has 1 N–H and O–H groups in total. The molecule has 0 spiro atoms. The smallest absolute Gasteiger partial charge is 0.271 e. The van der Waals surface area contributed by atoms with E-state index in [1.807, 2.05) is 31.2 Å². The molecule has 0 unspecified atom stereocenters. The summed E-state index contributed by atoms with van der Waals surface area (Å²) in [7, 11) is -3.94. The van der Waals surface area contributed by atoms with Crippen LogP contribution in [0.1, 0.15) is 5.56 Å². The number of fused-ring (bicyclic) bond motifs is 1. The van der Waals surface area contributed by atoms with Crippen LogP contribution < -0.4 is 4.68 Å². The average Bonchev–Trinajstić information content (AvgIpc) is 2.25. The zero-order chi connectivity index (χ0) is 12.5. The van der Waals surface area contributed by atoms with Crippen LogP contribution in [0.5, 0.6) is 0 Å². The van der Waals surface area contributed by atoms with Crippen molar-refractivity contribution in [2.45, 2.75) is 13.5 Å². The van der Waals surface area contributed by atoms with E-state index in [-0.39, 0.29) is 12.3 Å². The Hall–Kier alpha value is -1.53. The van der Waals surface area contributed by atoms with Gasteiger partial charge < -0.3 is 0 Å². The summed E-state index contributed by atoms with van der Waals surface area (Å²) in [5.41, 5.74) is 1.95. The van der Waals surface area contributed by atoms with Crippen LogP contribution in [0.4, 0.5) is 0 Å². The Balaban J connectivity index is 2.29. The van der Waals surface area contributed by atoms with Crippen LogP contribution >= 0.6 is 0 Å². The third kappa shape index (κ3) is 3.21. The van der Waals surface area contributed by atoms with Gasteiger partial charge in [-0.25, -0.2) is 0 Å². The maximum atomic E-state index is 10.6. The summed E-state index contributed by atoms with van der Waals surface area (Å²) in [5.74, 6) is -0.331. The van der Waals surface area contributed by atoms with Gasteiger partial charge in [-0.2, -0.15) is 8.42 Å². The summed E-state index contributed by atoms with van der Waals surface area (Å²) in [4.78, 5) is 0. The minimum atomic E-state index is -3.94. The summed E-state index contributed by atoms with van der Waals surface area (Å²) in [6.45, 7) is 2.14. The Labute approximate surface area is 99.5 Å². The Morgan fingerprint density at radius 2 is 2.12 bits per heavy atom. The van der Waals surface area contributed by atoms with Gasteiger partial charge in [0.2, 0.25) is 0 Å². The molecule has 1 aromatic carbocycles. The Kier molecular flexibility index (Phi) is 3.08. The van der Waals surface area contributed by atoms with Crippen molar-refractivity contribution >= 4 is 21.0 Å². The van der Waals surface area contributed by atoms with Gasteiger partial charge in [0, 0.05) is 16.6 Å². The standard InChI is InChI=1S/C11H12N2O3S/c1-9-2-3-11-10(8-9)4-5-13(12-11)6-7-17(14,15)16/h2-5,8H,6-7H2,1H3/p+1. The van der Waals surface area contributed by atoms with E-state index in [9.17, 15) is 8.42 Å². The first-order valence-corrected chi connectivity index (χ1v) is 6.77. The van der Waals surface area contributed by atoms with Crippen LogP contribution in [0.15, 0.2) is 30.5 Å². The fraction of sp³-hybridized carbons (Fsp3) is 0.273. The van der Waals surface area contributed by atoms with E-state index in [2.05, 4.69) is 5.10 Å². The maximum Gasteiger partial charge on any atom is 0.271 e.